The molecule has 21 heavy (non-hydrogen) atoms. The topological polar surface area (TPSA) is 58.9 Å². The van der Waals surface area contributed by atoms with E-state index in [1.165, 1.54) is 0 Å². The molecule has 2 rings (SSSR count). The van der Waals surface area contributed by atoms with Crippen molar-refractivity contribution in [3.05, 3.63) is 35.9 Å². The Balaban J connectivity index is 2.42. The fourth-order valence-corrected chi connectivity index (χ4v) is 2.17. The summed E-state index contributed by atoms with van der Waals surface area (Å²) in [7, 11) is 0. The van der Waals surface area contributed by atoms with E-state index in [0.717, 1.165) is 27.8 Å². The van der Waals surface area contributed by atoms with Gasteiger partial charge >= 0.3 is 0 Å². The van der Waals surface area contributed by atoms with E-state index >= 15 is 0 Å². The van der Waals surface area contributed by atoms with E-state index in [1.54, 1.807) is 13.8 Å². The van der Waals surface area contributed by atoms with E-state index in [0.29, 0.717) is 0 Å². The molecule has 4 heteroatoms. The lowest BCUT2D eigenvalue weighted by Gasteiger charge is -2.17. The molecule has 2 atom stereocenters. The van der Waals surface area contributed by atoms with Crippen LogP contribution in [0.25, 0.3) is 10.8 Å². The van der Waals surface area contributed by atoms with Crippen molar-refractivity contribution in [2.75, 3.05) is 13.2 Å². The second kappa shape index (κ2) is 6.78. The van der Waals surface area contributed by atoms with Gasteiger partial charge in [-0.25, -0.2) is 0 Å². The zero-order valence-corrected chi connectivity index (χ0v) is 12.7. The predicted octanol–water partition coefficient (Wildman–Crippen LogP) is 2.67. The lowest BCUT2D eigenvalue weighted by Crippen LogP contribution is -2.14. The van der Waals surface area contributed by atoms with Crippen LogP contribution in [-0.2, 0) is 0 Å². The lowest BCUT2D eigenvalue weighted by molar-refractivity contribution is 0.121. The van der Waals surface area contributed by atoms with Crippen LogP contribution >= 0.6 is 0 Å². The first-order chi connectivity index (χ1) is 9.99. The Hall–Kier alpha value is -1.78. The van der Waals surface area contributed by atoms with Gasteiger partial charge in [-0.15, -0.1) is 0 Å². The molecule has 0 saturated carbocycles. The van der Waals surface area contributed by atoms with Crippen molar-refractivity contribution in [1.29, 1.82) is 0 Å². The maximum Gasteiger partial charge on any atom is 0.130 e. The summed E-state index contributed by atoms with van der Waals surface area (Å²) in [5.74, 6) is 1.49. The van der Waals surface area contributed by atoms with Crippen LogP contribution in [-0.4, -0.2) is 35.6 Å². The summed E-state index contributed by atoms with van der Waals surface area (Å²) in [6.45, 7) is 5.82. The highest BCUT2D eigenvalue weighted by atomic mass is 16.5. The van der Waals surface area contributed by atoms with Crippen molar-refractivity contribution in [3.8, 4) is 11.5 Å². The molecule has 0 radical (unpaired) electrons. The van der Waals surface area contributed by atoms with Gasteiger partial charge < -0.3 is 19.7 Å². The van der Waals surface area contributed by atoms with Gasteiger partial charge in [-0.3, -0.25) is 0 Å². The first-order valence-corrected chi connectivity index (χ1v) is 7.13. The third-order valence-electron chi connectivity index (χ3n) is 3.09. The second-order valence-electron chi connectivity index (χ2n) is 5.39. The maximum atomic E-state index is 9.40. The van der Waals surface area contributed by atoms with Gasteiger partial charge in [0.25, 0.3) is 0 Å². The monoisotopic (exact) mass is 290 g/mol. The van der Waals surface area contributed by atoms with Gasteiger partial charge in [-0.2, -0.15) is 0 Å². The van der Waals surface area contributed by atoms with Crippen molar-refractivity contribution in [2.24, 2.45) is 0 Å². The van der Waals surface area contributed by atoms with Crippen molar-refractivity contribution in [2.45, 2.75) is 33.0 Å². The minimum absolute atomic E-state index is 0.247. The quantitative estimate of drug-likeness (QED) is 0.858. The standard InChI is InChI=1S/C17H22O4/c1-11-8-16(20-9-12(2)18)14-6-4-5-7-15(14)17(11)21-10-13(3)19/h4-8,12-13,18-19H,9-10H2,1-3H3. The van der Waals surface area contributed by atoms with E-state index in [9.17, 15) is 10.2 Å². The average molecular weight is 290 g/mol. The van der Waals surface area contributed by atoms with Gasteiger partial charge in [0.05, 0.1) is 12.2 Å². The lowest BCUT2D eigenvalue weighted by atomic mass is 10.0. The normalized spacial score (nSPS) is 14.0. The summed E-state index contributed by atoms with van der Waals surface area (Å²) in [5, 5.41) is 20.7. The molecule has 2 unspecified atom stereocenters. The summed E-state index contributed by atoms with van der Waals surface area (Å²) in [5.41, 5.74) is 0.940. The van der Waals surface area contributed by atoms with Gasteiger partial charge in [0, 0.05) is 10.8 Å². The maximum absolute atomic E-state index is 9.40. The van der Waals surface area contributed by atoms with Crippen LogP contribution in [0.3, 0.4) is 0 Å². The predicted molar refractivity (Wildman–Crippen MR) is 83.0 cm³/mol. The minimum atomic E-state index is -0.519. The molecule has 0 bridgehead atoms. The number of aryl methyl sites for hydroxylation is 1. The third-order valence-corrected chi connectivity index (χ3v) is 3.09. The van der Waals surface area contributed by atoms with Crippen molar-refractivity contribution < 1.29 is 19.7 Å². The summed E-state index contributed by atoms with van der Waals surface area (Å²) >= 11 is 0. The van der Waals surface area contributed by atoms with Crippen LogP contribution < -0.4 is 9.47 Å². The molecule has 0 amide bonds. The van der Waals surface area contributed by atoms with Gasteiger partial charge in [-0.1, -0.05) is 24.3 Å². The Morgan fingerprint density at radius 1 is 0.952 bits per heavy atom. The van der Waals surface area contributed by atoms with Crippen LogP contribution in [0.4, 0.5) is 0 Å². The van der Waals surface area contributed by atoms with Crippen LogP contribution in [0.15, 0.2) is 30.3 Å². The fourth-order valence-electron chi connectivity index (χ4n) is 2.17. The molecule has 0 aliphatic heterocycles. The number of benzene rings is 2. The first-order valence-electron chi connectivity index (χ1n) is 7.13. The Morgan fingerprint density at radius 3 is 2.14 bits per heavy atom. The Labute approximate surface area is 124 Å². The van der Waals surface area contributed by atoms with Crippen LogP contribution in [0.5, 0.6) is 11.5 Å². The van der Waals surface area contributed by atoms with Gasteiger partial charge in [0.2, 0.25) is 0 Å². The molecule has 0 heterocycles. The zero-order chi connectivity index (χ0) is 15.4. The molecule has 2 N–H and O–H groups in total. The number of aliphatic hydroxyl groups excluding tert-OH is 2. The molecule has 0 aromatic heterocycles. The highest BCUT2D eigenvalue weighted by molar-refractivity contribution is 5.94. The average Bonchev–Trinajstić information content (AvgIpc) is 2.43. The fraction of sp³-hybridized carbons (Fsp3) is 0.412. The summed E-state index contributed by atoms with van der Waals surface area (Å²) in [6, 6.07) is 9.71. The molecule has 2 aromatic carbocycles. The molecule has 4 nitrogen and oxygen atoms in total. The molecular formula is C17H22O4. The minimum Gasteiger partial charge on any atom is -0.490 e. The van der Waals surface area contributed by atoms with Crippen LogP contribution in [0, 0.1) is 6.92 Å². The molecule has 0 aliphatic carbocycles. The highest BCUT2D eigenvalue weighted by Gasteiger charge is 2.13. The second-order valence-corrected chi connectivity index (χ2v) is 5.39. The number of aliphatic hydroxyl groups is 2. The number of ether oxygens (including phenoxy) is 2. The number of fused-ring (bicyclic) bond motifs is 1. The highest BCUT2D eigenvalue weighted by Crippen LogP contribution is 2.36. The molecule has 0 spiro atoms. The summed E-state index contributed by atoms with van der Waals surface area (Å²) < 4.78 is 11.4. The van der Waals surface area contributed by atoms with Gasteiger partial charge in [-0.05, 0) is 32.4 Å². The first kappa shape index (κ1) is 15.6. The third kappa shape index (κ3) is 3.86. The molecule has 0 aliphatic rings. The van der Waals surface area contributed by atoms with Crippen molar-refractivity contribution in [3.63, 3.8) is 0 Å². The van der Waals surface area contributed by atoms with E-state index in [2.05, 4.69) is 0 Å². The Morgan fingerprint density at radius 2 is 1.52 bits per heavy atom. The number of hydrogen-bond acceptors (Lipinski definition) is 4. The van der Waals surface area contributed by atoms with Crippen LogP contribution in [0.1, 0.15) is 19.4 Å². The van der Waals surface area contributed by atoms with E-state index in [1.807, 2.05) is 37.3 Å². The summed E-state index contributed by atoms with van der Waals surface area (Å²) in [4.78, 5) is 0. The Kier molecular flexibility index (Phi) is 5.04. The molecule has 114 valence electrons. The largest absolute Gasteiger partial charge is 0.490 e. The zero-order valence-electron chi connectivity index (χ0n) is 12.7. The van der Waals surface area contributed by atoms with E-state index in [4.69, 9.17) is 9.47 Å². The molecular weight excluding hydrogens is 268 g/mol. The van der Waals surface area contributed by atoms with E-state index < -0.39 is 12.2 Å². The Bertz CT molecular complexity index is 605. The van der Waals surface area contributed by atoms with Crippen LogP contribution in [0.2, 0.25) is 0 Å². The van der Waals surface area contributed by atoms with Crippen molar-refractivity contribution >= 4 is 10.8 Å². The van der Waals surface area contributed by atoms with E-state index in [-0.39, 0.29) is 13.2 Å². The number of hydrogen-bond donors (Lipinski definition) is 2. The number of rotatable bonds is 6. The molecule has 0 fully saturated rings. The molecule has 2 aromatic rings. The SMILES string of the molecule is Cc1cc(OCC(C)O)c2ccccc2c1OCC(C)O. The van der Waals surface area contributed by atoms with Gasteiger partial charge in [0.1, 0.15) is 24.7 Å². The smallest absolute Gasteiger partial charge is 0.130 e. The van der Waals surface area contributed by atoms with Gasteiger partial charge in [0.15, 0.2) is 0 Å². The summed E-state index contributed by atoms with van der Waals surface area (Å²) in [6.07, 6.45) is -1.04. The molecule has 0 saturated heterocycles. The van der Waals surface area contributed by atoms with Crippen molar-refractivity contribution in [1.82, 2.24) is 0 Å².